The molecule has 2 N–H and O–H groups in total. The highest BCUT2D eigenvalue weighted by Crippen LogP contribution is 2.45. The summed E-state index contributed by atoms with van der Waals surface area (Å²) in [5, 5.41) is 17.0. The molecule has 0 unspecified atom stereocenters. The molecule has 1 aliphatic heterocycles. The van der Waals surface area contributed by atoms with Crippen LogP contribution in [-0.2, 0) is 9.59 Å². The molecule has 0 amide bonds. The number of carboxylic acids is 2. The van der Waals surface area contributed by atoms with Gasteiger partial charge in [-0.3, -0.25) is 0 Å². The summed E-state index contributed by atoms with van der Waals surface area (Å²) >= 11 is 12.2. The van der Waals surface area contributed by atoms with Crippen molar-refractivity contribution in [3.63, 3.8) is 0 Å². The van der Waals surface area contributed by atoms with E-state index in [9.17, 15) is 9.59 Å². The maximum Gasteiger partial charge on any atom is 0.328 e. The molecular weight excluding hydrogens is 377 g/mol. The van der Waals surface area contributed by atoms with E-state index in [0.29, 0.717) is 28.1 Å². The first-order chi connectivity index (χ1) is 12.3. The van der Waals surface area contributed by atoms with Crippen LogP contribution in [0.2, 0.25) is 10.0 Å². The molecular formula is C19H23Cl2NO4. The Morgan fingerprint density at radius 1 is 1.08 bits per heavy atom. The Bertz CT molecular complexity index is 676. The predicted molar refractivity (Wildman–Crippen MR) is 102 cm³/mol. The summed E-state index contributed by atoms with van der Waals surface area (Å²) in [5.74, 6) is -0.160. The SMILES string of the molecule is CN1C[C@@H]2CCC[C@H](c3ccc(Cl)c(Cl)c3)[C@@H]2C1.O=C(O)/C=C/C(=O)O. The van der Waals surface area contributed by atoms with E-state index in [-0.39, 0.29) is 0 Å². The number of likely N-dealkylation sites (tertiary alicyclic amines) is 1. The molecule has 2 aliphatic rings. The highest BCUT2D eigenvalue weighted by Gasteiger charge is 2.39. The average Bonchev–Trinajstić information content (AvgIpc) is 2.96. The molecule has 142 valence electrons. The number of carbonyl (C=O) groups is 2. The van der Waals surface area contributed by atoms with Gasteiger partial charge < -0.3 is 15.1 Å². The molecule has 1 aromatic carbocycles. The monoisotopic (exact) mass is 399 g/mol. The van der Waals surface area contributed by atoms with Crippen LogP contribution in [0.15, 0.2) is 30.4 Å². The molecule has 0 radical (unpaired) electrons. The van der Waals surface area contributed by atoms with Gasteiger partial charge in [0.15, 0.2) is 0 Å². The maximum atomic E-state index is 9.55. The van der Waals surface area contributed by atoms with Crippen LogP contribution in [0.25, 0.3) is 0 Å². The third-order valence-electron chi connectivity index (χ3n) is 5.02. The number of aliphatic carboxylic acids is 2. The molecule has 1 aromatic rings. The molecule has 26 heavy (non-hydrogen) atoms. The number of benzene rings is 1. The largest absolute Gasteiger partial charge is 0.478 e. The number of nitrogens with zero attached hydrogens (tertiary/aromatic N) is 1. The minimum Gasteiger partial charge on any atom is -0.478 e. The second kappa shape index (κ2) is 9.40. The molecule has 1 saturated carbocycles. The quantitative estimate of drug-likeness (QED) is 0.746. The Hall–Kier alpha value is -1.56. The molecule has 1 heterocycles. The molecule has 0 spiro atoms. The number of halogens is 2. The van der Waals surface area contributed by atoms with E-state index in [0.717, 1.165) is 11.8 Å². The van der Waals surface area contributed by atoms with Crippen molar-refractivity contribution in [2.75, 3.05) is 20.1 Å². The van der Waals surface area contributed by atoms with Gasteiger partial charge in [-0.15, -0.1) is 0 Å². The average molecular weight is 400 g/mol. The van der Waals surface area contributed by atoms with Crippen molar-refractivity contribution in [1.29, 1.82) is 0 Å². The first-order valence-corrected chi connectivity index (χ1v) is 9.31. The number of hydrogen-bond donors (Lipinski definition) is 2. The van der Waals surface area contributed by atoms with Crippen molar-refractivity contribution < 1.29 is 19.8 Å². The smallest absolute Gasteiger partial charge is 0.328 e. The zero-order valence-corrected chi connectivity index (χ0v) is 16.1. The second-order valence-corrected chi connectivity index (χ2v) is 7.68. The summed E-state index contributed by atoms with van der Waals surface area (Å²) in [6.07, 6.45) is 5.16. The van der Waals surface area contributed by atoms with Crippen LogP contribution in [0, 0.1) is 11.8 Å². The second-order valence-electron chi connectivity index (χ2n) is 6.87. The third kappa shape index (κ3) is 5.73. The van der Waals surface area contributed by atoms with Crippen molar-refractivity contribution in [2.45, 2.75) is 25.2 Å². The van der Waals surface area contributed by atoms with E-state index in [2.05, 4.69) is 24.1 Å². The van der Waals surface area contributed by atoms with Gasteiger partial charge in [-0.25, -0.2) is 9.59 Å². The van der Waals surface area contributed by atoms with E-state index in [1.54, 1.807) is 0 Å². The molecule has 2 fully saturated rings. The van der Waals surface area contributed by atoms with Crippen LogP contribution in [0.5, 0.6) is 0 Å². The van der Waals surface area contributed by atoms with E-state index in [4.69, 9.17) is 33.4 Å². The van der Waals surface area contributed by atoms with Gasteiger partial charge in [0.25, 0.3) is 0 Å². The minimum absolute atomic E-state index is 0.558. The van der Waals surface area contributed by atoms with Crippen LogP contribution in [0.1, 0.15) is 30.7 Å². The summed E-state index contributed by atoms with van der Waals surface area (Å²) < 4.78 is 0. The van der Waals surface area contributed by atoms with E-state index >= 15 is 0 Å². The number of rotatable bonds is 3. The van der Waals surface area contributed by atoms with Crippen molar-refractivity contribution in [1.82, 2.24) is 4.90 Å². The van der Waals surface area contributed by atoms with Gasteiger partial charge in [0.2, 0.25) is 0 Å². The summed E-state index contributed by atoms with van der Waals surface area (Å²) in [5.41, 5.74) is 1.38. The topological polar surface area (TPSA) is 77.8 Å². The fraction of sp³-hybridized carbons (Fsp3) is 0.474. The van der Waals surface area contributed by atoms with Crippen molar-refractivity contribution in [3.05, 3.63) is 46.0 Å². The number of hydrogen-bond acceptors (Lipinski definition) is 3. The van der Waals surface area contributed by atoms with Crippen LogP contribution in [-0.4, -0.2) is 47.2 Å². The minimum atomic E-state index is -1.26. The van der Waals surface area contributed by atoms with Gasteiger partial charge >= 0.3 is 11.9 Å². The molecule has 1 aliphatic carbocycles. The fourth-order valence-electron chi connectivity index (χ4n) is 3.99. The van der Waals surface area contributed by atoms with Crippen LogP contribution >= 0.6 is 23.2 Å². The van der Waals surface area contributed by atoms with Crippen LogP contribution < -0.4 is 0 Å². The highest BCUT2D eigenvalue weighted by atomic mass is 35.5. The van der Waals surface area contributed by atoms with Gasteiger partial charge in [0, 0.05) is 25.2 Å². The molecule has 0 aromatic heterocycles. The summed E-state index contributed by atoms with van der Waals surface area (Å²) in [7, 11) is 2.24. The lowest BCUT2D eigenvalue weighted by atomic mass is 9.71. The Morgan fingerprint density at radius 2 is 1.73 bits per heavy atom. The highest BCUT2D eigenvalue weighted by molar-refractivity contribution is 6.42. The van der Waals surface area contributed by atoms with Crippen molar-refractivity contribution in [3.8, 4) is 0 Å². The third-order valence-corrected chi connectivity index (χ3v) is 5.76. The lowest BCUT2D eigenvalue weighted by Crippen LogP contribution is -2.25. The van der Waals surface area contributed by atoms with Gasteiger partial charge in [0.05, 0.1) is 10.0 Å². The zero-order chi connectivity index (χ0) is 19.3. The molecule has 5 nitrogen and oxygen atoms in total. The normalized spacial score (nSPS) is 25.4. The molecule has 7 heteroatoms. The Kier molecular flexibility index (Phi) is 7.50. The van der Waals surface area contributed by atoms with Crippen molar-refractivity contribution in [2.24, 2.45) is 11.8 Å². The summed E-state index contributed by atoms with van der Waals surface area (Å²) in [6, 6.07) is 6.19. The Morgan fingerprint density at radius 3 is 2.31 bits per heavy atom. The lowest BCUT2D eigenvalue weighted by Gasteiger charge is -2.33. The molecule has 0 bridgehead atoms. The summed E-state index contributed by atoms with van der Waals surface area (Å²) in [6.45, 7) is 2.50. The molecule has 3 rings (SSSR count). The van der Waals surface area contributed by atoms with Gasteiger partial charge in [-0.1, -0.05) is 35.7 Å². The Balaban J connectivity index is 0.000000260. The lowest BCUT2D eigenvalue weighted by molar-refractivity contribution is -0.134. The van der Waals surface area contributed by atoms with E-state index < -0.39 is 11.9 Å². The van der Waals surface area contributed by atoms with E-state index in [1.165, 1.54) is 37.9 Å². The van der Waals surface area contributed by atoms with Gasteiger partial charge in [0.1, 0.15) is 0 Å². The molecule has 1 saturated heterocycles. The first kappa shape index (κ1) is 20.7. The van der Waals surface area contributed by atoms with Gasteiger partial charge in [-0.05, 0) is 55.3 Å². The molecule has 3 atom stereocenters. The van der Waals surface area contributed by atoms with E-state index in [1.807, 2.05) is 6.07 Å². The van der Waals surface area contributed by atoms with Crippen LogP contribution in [0.4, 0.5) is 0 Å². The Labute approximate surface area is 163 Å². The fourth-order valence-corrected chi connectivity index (χ4v) is 4.30. The standard InChI is InChI=1S/C15H19Cl2N.C4H4O4/c1-18-8-11-3-2-4-12(13(11)9-18)10-5-6-14(16)15(17)7-10;5-3(6)1-2-4(7)8/h5-7,11-13H,2-4,8-9H2,1H3;1-2H,(H,5,6)(H,7,8)/b;2-1+/t11-,12+,13+;/m0./s1. The van der Waals surface area contributed by atoms with Crippen molar-refractivity contribution >= 4 is 35.1 Å². The zero-order valence-electron chi connectivity index (χ0n) is 14.6. The van der Waals surface area contributed by atoms with Crippen LogP contribution in [0.3, 0.4) is 0 Å². The number of fused-ring (bicyclic) bond motifs is 1. The predicted octanol–water partition coefficient (Wildman–Crippen LogP) is 4.15. The number of carboxylic acid groups (broad SMARTS) is 2. The maximum absolute atomic E-state index is 9.55. The van der Waals surface area contributed by atoms with Gasteiger partial charge in [-0.2, -0.15) is 0 Å². The first-order valence-electron chi connectivity index (χ1n) is 8.55. The summed E-state index contributed by atoms with van der Waals surface area (Å²) in [4.78, 5) is 21.6.